The summed E-state index contributed by atoms with van der Waals surface area (Å²) < 4.78 is 5.59. The summed E-state index contributed by atoms with van der Waals surface area (Å²) in [4.78, 5) is 11.6. The fourth-order valence-corrected chi connectivity index (χ4v) is 3.78. The van der Waals surface area contributed by atoms with E-state index in [9.17, 15) is 9.90 Å². The maximum absolute atomic E-state index is 11.6. The van der Waals surface area contributed by atoms with Crippen molar-refractivity contribution in [2.24, 2.45) is 22.7 Å². The molecule has 2 rings (SSSR count). The molecule has 0 radical (unpaired) electrons. The molecule has 18 heavy (non-hydrogen) atoms. The Balaban J connectivity index is 2.18. The highest BCUT2D eigenvalue weighted by Crippen LogP contribution is 2.45. The predicted molar refractivity (Wildman–Crippen MR) is 70.4 cm³/mol. The molecule has 3 nitrogen and oxygen atoms in total. The number of carboxylic acid groups (broad SMARTS) is 1. The molecular formula is C15H26O3. The monoisotopic (exact) mass is 254 g/mol. The summed E-state index contributed by atoms with van der Waals surface area (Å²) in [7, 11) is 0. The number of rotatable bonds is 1. The fourth-order valence-electron chi connectivity index (χ4n) is 3.78. The Labute approximate surface area is 110 Å². The van der Waals surface area contributed by atoms with Gasteiger partial charge in [0, 0.05) is 13.2 Å². The number of carbonyl (C=O) groups is 1. The van der Waals surface area contributed by atoms with E-state index in [2.05, 4.69) is 13.8 Å². The Morgan fingerprint density at radius 2 is 1.67 bits per heavy atom. The van der Waals surface area contributed by atoms with Crippen LogP contribution in [0.2, 0.25) is 0 Å². The number of aliphatic carboxylic acids is 1. The van der Waals surface area contributed by atoms with Gasteiger partial charge in [-0.3, -0.25) is 4.79 Å². The molecular weight excluding hydrogens is 228 g/mol. The topological polar surface area (TPSA) is 46.5 Å². The number of carboxylic acids is 1. The third-order valence-electron chi connectivity index (χ3n) is 4.97. The number of hydrogen-bond donors (Lipinski definition) is 1. The van der Waals surface area contributed by atoms with E-state index < -0.39 is 11.4 Å². The summed E-state index contributed by atoms with van der Waals surface area (Å²) in [5.74, 6) is 0.603. The van der Waals surface area contributed by atoms with E-state index in [1.807, 2.05) is 6.92 Å². The van der Waals surface area contributed by atoms with E-state index in [0.29, 0.717) is 11.8 Å². The summed E-state index contributed by atoms with van der Waals surface area (Å²) in [5.41, 5.74) is -0.453. The van der Waals surface area contributed by atoms with Crippen molar-refractivity contribution in [3.8, 4) is 0 Å². The number of ether oxygens (including phenoxy) is 1. The van der Waals surface area contributed by atoms with Crippen LogP contribution in [0.25, 0.3) is 0 Å². The molecule has 3 atom stereocenters. The lowest BCUT2D eigenvalue weighted by molar-refractivity contribution is -0.150. The summed E-state index contributed by atoms with van der Waals surface area (Å²) in [6.45, 7) is 8.06. The van der Waals surface area contributed by atoms with Crippen LogP contribution in [0.3, 0.4) is 0 Å². The van der Waals surface area contributed by atoms with Gasteiger partial charge in [-0.2, -0.15) is 0 Å². The Bertz CT molecular complexity index is 324. The van der Waals surface area contributed by atoms with Gasteiger partial charge in [0.25, 0.3) is 0 Å². The van der Waals surface area contributed by atoms with E-state index in [1.165, 1.54) is 6.42 Å². The average molecular weight is 254 g/mol. The molecule has 0 aromatic heterocycles. The first-order valence-corrected chi connectivity index (χ1v) is 7.14. The fraction of sp³-hybridized carbons (Fsp3) is 0.933. The Kier molecular flexibility index (Phi) is 3.72. The normalized spacial score (nSPS) is 40.4. The van der Waals surface area contributed by atoms with Crippen molar-refractivity contribution in [2.75, 3.05) is 13.2 Å². The molecule has 1 aliphatic carbocycles. The number of fused-ring (bicyclic) bond motifs is 1. The van der Waals surface area contributed by atoms with Crippen LogP contribution >= 0.6 is 0 Å². The van der Waals surface area contributed by atoms with Crippen molar-refractivity contribution in [3.63, 3.8) is 0 Å². The minimum atomic E-state index is -0.632. The zero-order valence-corrected chi connectivity index (χ0v) is 11.9. The quantitative estimate of drug-likeness (QED) is 0.780. The van der Waals surface area contributed by atoms with Gasteiger partial charge in [0.2, 0.25) is 0 Å². The molecule has 0 aromatic rings. The highest BCUT2D eigenvalue weighted by Gasteiger charge is 2.42. The third kappa shape index (κ3) is 2.87. The summed E-state index contributed by atoms with van der Waals surface area (Å²) >= 11 is 0. The van der Waals surface area contributed by atoms with E-state index in [-0.39, 0.29) is 5.41 Å². The second-order valence-electron chi connectivity index (χ2n) is 7.34. The zero-order chi connectivity index (χ0) is 13.4. The van der Waals surface area contributed by atoms with E-state index in [4.69, 9.17) is 4.74 Å². The van der Waals surface area contributed by atoms with Crippen LogP contribution in [0.5, 0.6) is 0 Å². The van der Waals surface area contributed by atoms with Gasteiger partial charge in [0.15, 0.2) is 0 Å². The molecule has 1 N–H and O–H groups in total. The van der Waals surface area contributed by atoms with Gasteiger partial charge in [0.1, 0.15) is 0 Å². The Morgan fingerprint density at radius 3 is 2.22 bits per heavy atom. The summed E-state index contributed by atoms with van der Waals surface area (Å²) in [5, 5.41) is 9.55. The van der Waals surface area contributed by atoms with Gasteiger partial charge in [0.05, 0.1) is 5.41 Å². The molecule has 0 amide bonds. The maximum atomic E-state index is 11.6. The molecule has 104 valence electrons. The maximum Gasteiger partial charge on any atom is 0.309 e. The van der Waals surface area contributed by atoms with Gasteiger partial charge in [-0.15, -0.1) is 0 Å². The van der Waals surface area contributed by atoms with E-state index in [1.54, 1.807) is 0 Å². The smallest absolute Gasteiger partial charge is 0.309 e. The van der Waals surface area contributed by atoms with Crippen LogP contribution in [0.4, 0.5) is 0 Å². The predicted octanol–water partition coefficient (Wildman–Crippen LogP) is 3.33. The molecule has 3 unspecified atom stereocenters. The van der Waals surface area contributed by atoms with Crippen molar-refractivity contribution in [1.29, 1.82) is 0 Å². The Morgan fingerprint density at radius 1 is 1.11 bits per heavy atom. The van der Waals surface area contributed by atoms with Crippen LogP contribution in [0.15, 0.2) is 0 Å². The number of hydrogen-bond acceptors (Lipinski definition) is 2. The molecule has 0 bridgehead atoms. The van der Waals surface area contributed by atoms with Gasteiger partial charge in [-0.05, 0) is 56.3 Å². The first-order valence-electron chi connectivity index (χ1n) is 7.14. The van der Waals surface area contributed by atoms with Crippen molar-refractivity contribution < 1.29 is 14.6 Å². The molecule has 1 aliphatic heterocycles. The highest BCUT2D eigenvalue weighted by atomic mass is 16.5. The van der Waals surface area contributed by atoms with Crippen LogP contribution in [-0.2, 0) is 9.53 Å². The largest absolute Gasteiger partial charge is 0.481 e. The lowest BCUT2D eigenvalue weighted by Crippen LogP contribution is -2.33. The van der Waals surface area contributed by atoms with Crippen LogP contribution in [0, 0.1) is 22.7 Å². The van der Waals surface area contributed by atoms with Crippen molar-refractivity contribution >= 4 is 5.97 Å². The standard InChI is InChI=1S/C15H26O3/c1-14(2)6-4-11-8-18-9-12(11)5-7-15(3,10-14)13(16)17/h11-12H,4-10H2,1-3H3,(H,16,17). The lowest BCUT2D eigenvalue weighted by atomic mass is 9.70. The molecule has 0 spiro atoms. The zero-order valence-electron chi connectivity index (χ0n) is 11.9. The highest BCUT2D eigenvalue weighted by molar-refractivity contribution is 5.74. The van der Waals surface area contributed by atoms with Crippen molar-refractivity contribution in [2.45, 2.75) is 52.9 Å². The molecule has 1 heterocycles. The summed E-state index contributed by atoms with van der Waals surface area (Å²) in [6, 6.07) is 0. The minimum Gasteiger partial charge on any atom is -0.481 e. The third-order valence-corrected chi connectivity index (χ3v) is 4.97. The minimum absolute atomic E-state index is 0.116. The second-order valence-corrected chi connectivity index (χ2v) is 7.34. The SMILES string of the molecule is CC1(C)CCC2COCC2CCC(C)(C(=O)O)C1. The van der Waals surface area contributed by atoms with Crippen molar-refractivity contribution in [1.82, 2.24) is 0 Å². The van der Waals surface area contributed by atoms with E-state index in [0.717, 1.165) is 38.9 Å². The lowest BCUT2D eigenvalue weighted by Gasteiger charge is -2.34. The van der Waals surface area contributed by atoms with Crippen LogP contribution in [0.1, 0.15) is 52.9 Å². The summed E-state index contributed by atoms with van der Waals surface area (Å²) in [6.07, 6.45) is 4.88. The molecule has 2 fully saturated rings. The van der Waals surface area contributed by atoms with Crippen molar-refractivity contribution in [3.05, 3.63) is 0 Å². The van der Waals surface area contributed by atoms with Gasteiger partial charge in [-0.1, -0.05) is 13.8 Å². The second kappa shape index (κ2) is 4.84. The van der Waals surface area contributed by atoms with Gasteiger partial charge < -0.3 is 9.84 Å². The molecule has 0 aromatic carbocycles. The molecule has 1 saturated heterocycles. The van der Waals surface area contributed by atoms with Crippen LogP contribution < -0.4 is 0 Å². The molecule has 3 heteroatoms. The van der Waals surface area contributed by atoms with Crippen LogP contribution in [-0.4, -0.2) is 24.3 Å². The van der Waals surface area contributed by atoms with Gasteiger partial charge >= 0.3 is 5.97 Å². The first-order chi connectivity index (χ1) is 8.32. The first kappa shape index (κ1) is 13.9. The average Bonchev–Trinajstić information content (AvgIpc) is 2.70. The Hall–Kier alpha value is -0.570. The van der Waals surface area contributed by atoms with E-state index >= 15 is 0 Å². The molecule has 2 aliphatic rings. The molecule has 1 saturated carbocycles. The van der Waals surface area contributed by atoms with Gasteiger partial charge in [-0.25, -0.2) is 0 Å².